The molecule has 0 bridgehead atoms. The van der Waals surface area contributed by atoms with Crippen molar-refractivity contribution in [3.8, 4) is 0 Å². The number of nitrogens with one attached hydrogen (secondary N) is 1. The molecule has 1 rings (SSSR count). The second kappa shape index (κ2) is 3.85. The van der Waals surface area contributed by atoms with E-state index in [-0.39, 0.29) is 0 Å². The number of rotatable bonds is 2. The van der Waals surface area contributed by atoms with E-state index in [1.54, 1.807) is 0 Å². The molecule has 0 aromatic heterocycles. The van der Waals surface area contributed by atoms with Crippen LogP contribution in [0, 0.1) is 0 Å². The third kappa shape index (κ3) is 2.33. The van der Waals surface area contributed by atoms with Gasteiger partial charge < -0.3 is 4.74 Å². The Kier molecular flexibility index (Phi) is 3.01. The van der Waals surface area contributed by atoms with Crippen molar-refractivity contribution in [2.75, 3.05) is 13.3 Å². The molecule has 1 N–H and O–H groups in total. The Morgan fingerprint density at radius 2 is 2.56 bits per heavy atom. The maximum atomic E-state index is 5.41. The van der Waals surface area contributed by atoms with Crippen molar-refractivity contribution >= 4 is 0 Å². The summed E-state index contributed by atoms with van der Waals surface area (Å²) in [5.41, 5.74) is 0. The molecule has 2 nitrogen and oxygen atoms in total. The van der Waals surface area contributed by atoms with E-state index in [1.165, 1.54) is 19.3 Å². The predicted octanol–water partition coefficient (Wildman–Crippen LogP) is 1.12. The summed E-state index contributed by atoms with van der Waals surface area (Å²) in [5.74, 6) is 0. The zero-order chi connectivity index (χ0) is 6.53. The minimum absolute atomic E-state index is 0.538. The highest BCUT2D eigenvalue weighted by atomic mass is 16.5. The monoisotopic (exact) mass is 129 g/mol. The van der Waals surface area contributed by atoms with Crippen LogP contribution in [0.15, 0.2) is 0 Å². The zero-order valence-corrected chi connectivity index (χ0v) is 6.02. The van der Waals surface area contributed by atoms with Gasteiger partial charge in [0.25, 0.3) is 0 Å². The molecule has 0 saturated carbocycles. The summed E-state index contributed by atoms with van der Waals surface area (Å²) in [7, 11) is 0. The molecule has 1 unspecified atom stereocenters. The van der Waals surface area contributed by atoms with Gasteiger partial charge in [-0.3, -0.25) is 5.32 Å². The summed E-state index contributed by atoms with van der Waals surface area (Å²) in [6, 6.07) is 0. The molecule has 0 aliphatic carbocycles. The van der Waals surface area contributed by atoms with Gasteiger partial charge in [0.05, 0.1) is 12.8 Å². The first-order valence-corrected chi connectivity index (χ1v) is 3.76. The van der Waals surface area contributed by atoms with Gasteiger partial charge in [-0.15, -0.1) is 0 Å². The minimum Gasteiger partial charge on any atom is -0.363 e. The lowest BCUT2D eigenvalue weighted by atomic mass is 10.1. The SMILES string of the molecule is CCCC1CCNCO1. The normalized spacial score (nSPS) is 28.3. The van der Waals surface area contributed by atoms with Crippen LogP contribution in [-0.2, 0) is 4.74 Å². The summed E-state index contributed by atoms with van der Waals surface area (Å²) in [6.45, 7) is 4.08. The summed E-state index contributed by atoms with van der Waals surface area (Å²) in [5, 5.41) is 3.15. The van der Waals surface area contributed by atoms with Crippen LogP contribution in [0.4, 0.5) is 0 Å². The summed E-state index contributed by atoms with van der Waals surface area (Å²) >= 11 is 0. The first-order chi connectivity index (χ1) is 4.43. The van der Waals surface area contributed by atoms with Crippen molar-refractivity contribution in [3.05, 3.63) is 0 Å². The highest BCUT2D eigenvalue weighted by Crippen LogP contribution is 2.07. The van der Waals surface area contributed by atoms with Crippen molar-refractivity contribution in [1.82, 2.24) is 5.32 Å². The minimum atomic E-state index is 0.538. The first-order valence-electron chi connectivity index (χ1n) is 3.76. The fourth-order valence-electron chi connectivity index (χ4n) is 1.14. The number of hydrogen-bond acceptors (Lipinski definition) is 2. The molecule has 1 atom stereocenters. The van der Waals surface area contributed by atoms with E-state index in [1.807, 2.05) is 0 Å². The topological polar surface area (TPSA) is 21.3 Å². The highest BCUT2D eigenvalue weighted by Gasteiger charge is 2.10. The molecule has 0 aromatic rings. The Balaban J connectivity index is 2.08. The van der Waals surface area contributed by atoms with Crippen LogP contribution in [0.1, 0.15) is 26.2 Å². The van der Waals surface area contributed by atoms with Gasteiger partial charge in [0.2, 0.25) is 0 Å². The Bertz CT molecular complexity index is 66.6. The lowest BCUT2D eigenvalue weighted by molar-refractivity contribution is 0.00247. The van der Waals surface area contributed by atoms with E-state index in [0.717, 1.165) is 13.3 Å². The third-order valence-electron chi connectivity index (χ3n) is 1.67. The fourth-order valence-corrected chi connectivity index (χ4v) is 1.14. The maximum Gasteiger partial charge on any atom is 0.0969 e. The molecule has 0 aromatic carbocycles. The zero-order valence-electron chi connectivity index (χ0n) is 6.02. The molecular formula is C7H15NO. The first kappa shape index (κ1) is 7.03. The van der Waals surface area contributed by atoms with Gasteiger partial charge in [-0.2, -0.15) is 0 Å². The van der Waals surface area contributed by atoms with Crippen LogP contribution < -0.4 is 5.32 Å². The Morgan fingerprint density at radius 1 is 1.67 bits per heavy atom. The van der Waals surface area contributed by atoms with Gasteiger partial charge in [0.1, 0.15) is 0 Å². The van der Waals surface area contributed by atoms with Gasteiger partial charge in [0.15, 0.2) is 0 Å². The summed E-state index contributed by atoms with van der Waals surface area (Å²) in [4.78, 5) is 0. The molecule has 1 saturated heterocycles. The van der Waals surface area contributed by atoms with Gasteiger partial charge in [-0.1, -0.05) is 13.3 Å². The summed E-state index contributed by atoms with van der Waals surface area (Å²) < 4.78 is 5.41. The van der Waals surface area contributed by atoms with E-state index < -0.39 is 0 Å². The second-order valence-corrected chi connectivity index (χ2v) is 2.51. The molecule has 9 heavy (non-hydrogen) atoms. The quantitative estimate of drug-likeness (QED) is 0.603. The van der Waals surface area contributed by atoms with Gasteiger partial charge >= 0.3 is 0 Å². The van der Waals surface area contributed by atoms with E-state index in [0.29, 0.717) is 6.10 Å². The van der Waals surface area contributed by atoms with Crippen molar-refractivity contribution in [1.29, 1.82) is 0 Å². The van der Waals surface area contributed by atoms with Crippen LogP contribution in [-0.4, -0.2) is 19.4 Å². The molecule has 1 aliphatic rings. The number of ether oxygens (including phenoxy) is 1. The molecule has 0 amide bonds. The number of hydrogen-bond donors (Lipinski definition) is 1. The van der Waals surface area contributed by atoms with Gasteiger partial charge in [0, 0.05) is 0 Å². The molecular weight excluding hydrogens is 114 g/mol. The average Bonchev–Trinajstić information content (AvgIpc) is 1.91. The molecule has 2 heteroatoms. The van der Waals surface area contributed by atoms with E-state index in [2.05, 4.69) is 12.2 Å². The molecule has 1 aliphatic heterocycles. The lowest BCUT2D eigenvalue weighted by Gasteiger charge is -2.22. The van der Waals surface area contributed by atoms with Crippen molar-refractivity contribution in [2.45, 2.75) is 32.3 Å². The smallest absolute Gasteiger partial charge is 0.0969 e. The van der Waals surface area contributed by atoms with Crippen molar-refractivity contribution < 1.29 is 4.74 Å². The van der Waals surface area contributed by atoms with E-state index in [4.69, 9.17) is 4.74 Å². The highest BCUT2D eigenvalue weighted by molar-refractivity contribution is 4.62. The Labute approximate surface area is 56.6 Å². The second-order valence-electron chi connectivity index (χ2n) is 2.51. The van der Waals surface area contributed by atoms with Crippen LogP contribution >= 0.6 is 0 Å². The Morgan fingerprint density at radius 3 is 3.11 bits per heavy atom. The van der Waals surface area contributed by atoms with Crippen molar-refractivity contribution in [3.63, 3.8) is 0 Å². The molecule has 1 fully saturated rings. The summed E-state index contributed by atoms with van der Waals surface area (Å²) in [6.07, 6.45) is 4.19. The Hall–Kier alpha value is -0.0800. The average molecular weight is 129 g/mol. The van der Waals surface area contributed by atoms with Crippen LogP contribution in [0.3, 0.4) is 0 Å². The van der Waals surface area contributed by atoms with E-state index in [9.17, 15) is 0 Å². The predicted molar refractivity (Wildman–Crippen MR) is 37.3 cm³/mol. The molecule has 0 spiro atoms. The van der Waals surface area contributed by atoms with Crippen LogP contribution in [0.2, 0.25) is 0 Å². The lowest BCUT2D eigenvalue weighted by Crippen LogP contribution is -2.33. The standard InChI is InChI=1S/C7H15NO/c1-2-3-7-4-5-8-6-9-7/h7-8H,2-6H2,1H3. The fraction of sp³-hybridized carbons (Fsp3) is 1.00. The van der Waals surface area contributed by atoms with Crippen molar-refractivity contribution in [2.24, 2.45) is 0 Å². The van der Waals surface area contributed by atoms with Gasteiger partial charge in [-0.25, -0.2) is 0 Å². The largest absolute Gasteiger partial charge is 0.363 e. The molecule has 0 radical (unpaired) electrons. The van der Waals surface area contributed by atoms with Crippen LogP contribution in [0.5, 0.6) is 0 Å². The third-order valence-corrected chi connectivity index (χ3v) is 1.67. The molecule has 1 heterocycles. The maximum absolute atomic E-state index is 5.41. The van der Waals surface area contributed by atoms with E-state index >= 15 is 0 Å². The molecule has 54 valence electrons. The van der Waals surface area contributed by atoms with Gasteiger partial charge in [-0.05, 0) is 19.4 Å². The van der Waals surface area contributed by atoms with Crippen LogP contribution in [0.25, 0.3) is 0 Å².